The predicted molar refractivity (Wildman–Crippen MR) is 197 cm³/mol. The summed E-state index contributed by atoms with van der Waals surface area (Å²) in [5, 5.41) is 32.6. The number of hydrogen-bond acceptors (Lipinski definition) is 6. The number of Topliss-reactive ketones (excluding diaryl/α,β-unsaturated/α-hetero) is 1. The molecule has 1 atom stereocenters. The van der Waals surface area contributed by atoms with Gasteiger partial charge in [-0.15, -0.1) is 22.7 Å². The zero-order chi connectivity index (χ0) is 32.8. The largest absolute Gasteiger partial charge is 0.380 e. The van der Waals surface area contributed by atoms with E-state index >= 15 is 0 Å². The lowest BCUT2D eigenvalue weighted by Gasteiger charge is -2.28. The van der Waals surface area contributed by atoms with Crippen LogP contribution in [-0.2, 0) is 5.60 Å². The number of ketones is 1. The van der Waals surface area contributed by atoms with Crippen LogP contribution in [0.2, 0.25) is 0 Å². The van der Waals surface area contributed by atoms with Crippen LogP contribution < -0.4 is 0 Å². The third-order valence-electron chi connectivity index (χ3n) is 8.97. The van der Waals surface area contributed by atoms with Gasteiger partial charge in [0, 0.05) is 33.8 Å². The van der Waals surface area contributed by atoms with Crippen molar-refractivity contribution >= 4 is 70.7 Å². The Balaban J connectivity index is 0.000000145. The normalized spacial score (nSPS) is 12.9. The number of carbonyl (C=O) groups is 1. The standard InChI is InChI=1S/C22H19N3OS.C16H13N3OS/c1-2-22(26,15-6-4-3-5-7-15)16-8-9-17-14(12-16)13-19(23-17)20-21-18(24-25-20)10-11-27-21;1-2-14(20)9-3-4-11-10(7-9)8-13(17-11)15-16-12(18-19-15)5-6-21-16/h3-13,23,26H,2H2,1H3,(H,24,25);3-8,17H,2H2,1H3,(H,18,19). The molecule has 5 N–H and O–H groups in total. The van der Waals surface area contributed by atoms with E-state index in [1.54, 1.807) is 22.7 Å². The van der Waals surface area contributed by atoms with Gasteiger partial charge in [-0.1, -0.05) is 50.2 Å². The number of aromatic amines is 4. The van der Waals surface area contributed by atoms with Gasteiger partial charge < -0.3 is 15.1 Å². The summed E-state index contributed by atoms with van der Waals surface area (Å²) in [7, 11) is 0. The SMILES string of the molecule is CCC(=O)c1ccc2[nH]c(-c3n[nH]c4ccsc34)cc2c1.CCC(O)(c1ccccc1)c1ccc2[nH]c(-c3n[nH]c4ccsc34)cc2c1. The average Bonchev–Trinajstić information content (AvgIpc) is 3.96. The molecule has 0 spiro atoms. The van der Waals surface area contributed by atoms with Gasteiger partial charge in [-0.05, 0) is 82.9 Å². The first kappa shape index (κ1) is 30.1. The molecule has 8 nitrogen and oxygen atoms in total. The number of fused-ring (bicyclic) bond motifs is 4. The van der Waals surface area contributed by atoms with Crippen LogP contribution in [0, 0.1) is 0 Å². The summed E-state index contributed by atoms with van der Waals surface area (Å²) < 4.78 is 2.29. The Kier molecular flexibility index (Phi) is 7.55. The molecule has 9 aromatic rings. The Bertz CT molecular complexity index is 2550. The Morgan fingerprint density at radius 3 is 1.85 bits per heavy atom. The molecule has 3 aromatic carbocycles. The Hall–Kier alpha value is -5.29. The summed E-state index contributed by atoms with van der Waals surface area (Å²) in [5.41, 5.74) is 9.56. The second kappa shape index (κ2) is 12.1. The first-order valence-corrected chi connectivity index (χ1v) is 17.6. The van der Waals surface area contributed by atoms with Crippen molar-refractivity contribution in [3.63, 3.8) is 0 Å². The lowest BCUT2D eigenvalue weighted by atomic mass is 9.84. The van der Waals surface area contributed by atoms with Crippen molar-refractivity contribution in [1.82, 2.24) is 30.4 Å². The van der Waals surface area contributed by atoms with E-state index in [4.69, 9.17) is 0 Å². The molecule has 9 rings (SSSR count). The summed E-state index contributed by atoms with van der Waals surface area (Å²) in [6.45, 7) is 3.89. The van der Waals surface area contributed by atoms with E-state index in [0.29, 0.717) is 12.8 Å². The molecule has 238 valence electrons. The van der Waals surface area contributed by atoms with Crippen LogP contribution in [-0.4, -0.2) is 41.3 Å². The highest BCUT2D eigenvalue weighted by atomic mass is 32.1. The van der Waals surface area contributed by atoms with Gasteiger partial charge in [0.05, 0.1) is 31.8 Å². The van der Waals surface area contributed by atoms with E-state index in [9.17, 15) is 9.90 Å². The van der Waals surface area contributed by atoms with Gasteiger partial charge >= 0.3 is 0 Å². The van der Waals surface area contributed by atoms with Gasteiger partial charge in [0.25, 0.3) is 0 Å². The molecule has 6 heterocycles. The van der Waals surface area contributed by atoms with Crippen LogP contribution in [0.5, 0.6) is 0 Å². The summed E-state index contributed by atoms with van der Waals surface area (Å²) in [4.78, 5) is 18.6. The lowest BCUT2D eigenvalue weighted by Crippen LogP contribution is -2.26. The first-order valence-electron chi connectivity index (χ1n) is 15.9. The minimum absolute atomic E-state index is 0.167. The number of H-pyrrole nitrogens is 4. The molecular formula is C38H32N6O2S2. The van der Waals surface area contributed by atoms with Crippen molar-refractivity contribution in [2.75, 3.05) is 0 Å². The number of aromatic nitrogens is 6. The summed E-state index contributed by atoms with van der Waals surface area (Å²) in [6, 6.07) is 30.0. The van der Waals surface area contributed by atoms with Crippen molar-refractivity contribution in [3.05, 3.63) is 118 Å². The fourth-order valence-electron chi connectivity index (χ4n) is 6.30. The number of benzene rings is 3. The maximum absolute atomic E-state index is 11.8. The minimum Gasteiger partial charge on any atom is -0.380 e. The maximum atomic E-state index is 11.8. The van der Waals surface area contributed by atoms with Gasteiger partial charge in [-0.3, -0.25) is 15.0 Å². The number of hydrogen-bond donors (Lipinski definition) is 5. The molecule has 0 radical (unpaired) electrons. The van der Waals surface area contributed by atoms with Crippen LogP contribution in [0.15, 0.2) is 102 Å². The number of nitrogens with one attached hydrogen (secondary N) is 4. The highest BCUT2D eigenvalue weighted by molar-refractivity contribution is 7.18. The monoisotopic (exact) mass is 668 g/mol. The minimum atomic E-state index is -1.000. The lowest BCUT2D eigenvalue weighted by molar-refractivity contribution is 0.0767. The topological polar surface area (TPSA) is 126 Å². The molecule has 0 saturated heterocycles. The molecule has 6 aromatic heterocycles. The quantitative estimate of drug-likeness (QED) is 0.108. The van der Waals surface area contributed by atoms with Gasteiger partial charge in [0.1, 0.15) is 17.0 Å². The maximum Gasteiger partial charge on any atom is 0.162 e. The van der Waals surface area contributed by atoms with Gasteiger partial charge in [-0.2, -0.15) is 10.2 Å². The van der Waals surface area contributed by atoms with Crippen LogP contribution in [0.3, 0.4) is 0 Å². The molecule has 0 amide bonds. The summed E-state index contributed by atoms with van der Waals surface area (Å²) >= 11 is 3.35. The number of rotatable bonds is 7. The van der Waals surface area contributed by atoms with Crippen LogP contribution in [0.1, 0.15) is 48.2 Å². The molecular weight excluding hydrogens is 637 g/mol. The highest BCUT2D eigenvalue weighted by Crippen LogP contribution is 2.37. The van der Waals surface area contributed by atoms with E-state index in [2.05, 4.69) is 53.9 Å². The highest BCUT2D eigenvalue weighted by Gasteiger charge is 2.29. The molecule has 0 aliphatic heterocycles. The van der Waals surface area contributed by atoms with Crippen LogP contribution in [0.25, 0.3) is 65.0 Å². The fraction of sp³-hybridized carbons (Fsp3) is 0.132. The van der Waals surface area contributed by atoms with E-state index in [1.807, 2.05) is 92.0 Å². The first-order chi connectivity index (χ1) is 23.4. The van der Waals surface area contributed by atoms with E-state index < -0.39 is 5.60 Å². The van der Waals surface area contributed by atoms with Crippen molar-refractivity contribution in [1.29, 1.82) is 0 Å². The fourth-order valence-corrected chi connectivity index (χ4v) is 8.00. The van der Waals surface area contributed by atoms with Crippen molar-refractivity contribution in [2.24, 2.45) is 0 Å². The summed E-state index contributed by atoms with van der Waals surface area (Å²) in [6.07, 6.45) is 1.13. The molecule has 0 saturated carbocycles. The van der Waals surface area contributed by atoms with Crippen LogP contribution in [0.4, 0.5) is 0 Å². The average molecular weight is 669 g/mol. The molecule has 0 bridgehead atoms. The Labute approximate surface area is 283 Å². The van der Waals surface area contributed by atoms with Gasteiger partial charge in [0.2, 0.25) is 0 Å². The predicted octanol–water partition coefficient (Wildman–Crippen LogP) is 9.78. The van der Waals surface area contributed by atoms with Crippen LogP contribution >= 0.6 is 22.7 Å². The van der Waals surface area contributed by atoms with Gasteiger partial charge in [0.15, 0.2) is 5.78 Å². The number of carbonyl (C=O) groups excluding carboxylic acids is 1. The summed E-state index contributed by atoms with van der Waals surface area (Å²) in [5.74, 6) is 0.167. The number of thiophene rings is 2. The molecule has 0 fully saturated rings. The Morgan fingerprint density at radius 1 is 0.688 bits per heavy atom. The molecule has 1 unspecified atom stereocenters. The second-order valence-corrected chi connectivity index (χ2v) is 13.6. The number of nitrogens with zero attached hydrogens (tertiary/aromatic N) is 2. The zero-order valence-electron chi connectivity index (χ0n) is 26.3. The second-order valence-electron chi connectivity index (χ2n) is 11.8. The molecule has 0 aliphatic rings. The smallest absolute Gasteiger partial charge is 0.162 e. The van der Waals surface area contributed by atoms with Crippen molar-refractivity contribution in [2.45, 2.75) is 32.3 Å². The van der Waals surface area contributed by atoms with E-state index in [1.165, 1.54) is 0 Å². The van der Waals surface area contributed by atoms with Crippen molar-refractivity contribution in [3.8, 4) is 22.8 Å². The van der Waals surface area contributed by atoms with E-state index in [0.717, 1.165) is 81.7 Å². The molecule has 10 heteroatoms. The Morgan fingerprint density at radius 2 is 1.27 bits per heavy atom. The van der Waals surface area contributed by atoms with Gasteiger partial charge in [-0.25, -0.2) is 0 Å². The molecule has 48 heavy (non-hydrogen) atoms. The third kappa shape index (κ3) is 5.14. The van der Waals surface area contributed by atoms with Crippen molar-refractivity contribution < 1.29 is 9.90 Å². The number of aliphatic hydroxyl groups is 1. The zero-order valence-corrected chi connectivity index (χ0v) is 27.9. The molecule has 0 aliphatic carbocycles. The third-order valence-corrected chi connectivity index (χ3v) is 10.8. The van der Waals surface area contributed by atoms with E-state index in [-0.39, 0.29) is 5.78 Å².